The van der Waals surface area contributed by atoms with Gasteiger partial charge >= 0.3 is 0 Å². The quantitative estimate of drug-likeness (QED) is 0.773. The van der Waals surface area contributed by atoms with Gasteiger partial charge < -0.3 is 24.4 Å². The molecule has 2 amide bonds. The molecule has 1 saturated heterocycles. The van der Waals surface area contributed by atoms with Crippen LogP contribution in [-0.4, -0.2) is 50.2 Å². The Balaban J connectivity index is 1.71. The number of methoxy groups -OCH3 is 2. The molecule has 29 heavy (non-hydrogen) atoms. The molecule has 1 atom stereocenters. The topological polar surface area (TPSA) is 77.1 Å². The van der Waals surface area contributed by atoms with Gasteiger partial charge in [-0.25, -0.2) is 0 Å². The van der Waals surface area contributed by atoms with Crippen LogP contribution in [0.15, 0.2) is 42.5 Å². The Morgan fingerprint density at radius 2 is 1.93 bits per heavy atom. The van der Waals surface area contributed by atoms with E-state index in [4.69, 9.17) is 14.2 Å². The number of nitrogens with zero attached hydrogens (tertiary/aromatic N) is 1. The summed E-state index contributed by atoms with van der Waals surface area (Å²) in [5.74, 6) is 0.699. The van der Waals surface area contributed by atoms with Gasteiger partial charge in [0.2, 0.25) is 11.8 Å². The van der Waals surface area contributed by atoms with Gasteiger partial charge in [0.05, 0.1) is 20.8 Å². The maximum atomic E-state index is 12.9. The van der Waals surface area contributed by atoms with E-state index in [1.807, 2.05) is 43.3 Å². The van der Waals surface area contributed by atoms with Crippen molar-refractivity contribution in [3.05, 3.63) is 59.2 Å². The molecule has 7 heteroatoms. The molecule has 0 bridgehead atoms. The molecule has 0 radical (unpaired) electrons. The number of ether oxygens (including phenoxy) is 3. The van der Waals surface area contributed by atoms with Crippen molar-refractivity contribution >= 4 is 11.8 Å². The number of benzene rings is 2. The van der Waals surface area contributed by atoms with Crippen molar-refractivity contribution in [2.75, 3.05) is 27.4 Å². The molecule has 1 aliphatic heterocycles. The maximum absolute atomic E-state index is 12.9. The van der Waals surface area contributed by atoms with Crippen molar-refractivity contribution in [3.63, 3.8) is 0 Å². The molecule has 1 N–H and O–H groups in total. The van der Waals surface area contributed by atoms with Crippen LogP contribution in [0, 0.1) is 6.92 Å². The number of carbonyl (C=O) groups excluding carboxylic acids is 2. The Labute approximate surface area is 170 Å². The molecule has 0 saturated carbocycles. The summed E-state index contributed by atoms with van der Waals surface area (Å²) in [6, 6.07) is 12.7. The van der Waals surface area contributed by atoms with Crippen molar-refractivity contribution in [1.82, 2.24) is 10.2 Å². The first kappa shape index (κ1) is 20.7. The van der Waals surface area contributed by atoms with Crippen LogP contribution < -0.4 is 14.8 Å². The molecule has 2 aromatic carbocycles. The van der Waals surface area contributed by atoms with Gasteiger partial charge in [-0.2, -0.15) is 0 Å². The molecule has 0 spiro atoms. The lowest BCUT2D eigenvalue weighted by atomic mass is 10.1. The van der Waals surface area contributed by atoms with Gasteiger partial charge in [-0.05, 0) is 18.6 Å². The zero-order valence-corrected chi connectivity index (χ0v) is 16.9. The molecular formula is C22H26N2O5. The minimum absolute atomic E-state index is 0.0145. The predicted molar refractivity (Wildman–Crippen MR) is 108 cm³/mol. The summed E-state index contributed by atoms with van der Waals surface area (Å²) in [7, 11) is 3.12. The second-order valence-electron chi connectivity index (χ2n) is 6.91. The molecule has 7 nitrogen and oxygen atoms in total. The van der Waals surface area contributed by atoms with Gasteiger partial charge in [0.1, 0.15) is 12.6 Å². The van der Waals surface area contributed by atoms with E-state index in [0.717, 1.165) is 16.7 Å². The fourth-order valence-corrected chi connectivity index (χ4v) is 3.30. The molecular weight excluding hydrogens is 372 g/mol. The summed E-state index contributed by atoms with van der Waals surface area (Å²) in [5.41, 5.74) is 2.90. The Morgan fingerprint density at radius 3 is 2.62 bits per heavy atom. The SMILES string of the molecule is COc1cccc(CNC(=O)[C@@H]2COCC(=O)N2Cc2ccc(C)cc2)c1OC. The second-order valence-corrected chi connectivity index (χ2v) is 6.91. The lowest BCUT2D eigenvalue weighted by Crippen LogP contribution is -2.55. The third-order valence-electron chi connectivity index (χ3n) is 4.91. The van der Waals surface area contributed by atoms with Gasteiger partial charge in [-0.1, -0.05) is 42.0 Å². The highest BCUT2D eigenvalue weighted by Crippen LogP contribution is 2.30. The minimum Gasteiger partial charge on any atom is -0.493 e. The van der Waals surface area contributed by atoms with Gasteiger partial charge in [0, 0.05) is 18.7 Å². The molecule has 2 aromatic rings. The smallest absolute Gasteiger partial charge is 0.249 e. The summed E-state index contributed by atoms with van der Waals surface area (Å²) in [4.78, 5) is 26.9. The average molecular weight is 398 g/mol. The molecule has 0 aromatic heterocycles. The highest BCUT2D eigenvalue weighted by molar-refractivity contribution is 5.89. The third kappa shape index (κ3) is 4.86. The van der Waals surface area contributed by atoms with Crippen LogP contribution >= 0.6 is 0 Å². The summed E-state index contributed by atoms with van der Waals surface area (Å²) >= 11 is 0. The van der Waals surface area contributed by atoms with E-state index in [9.17, 15) is 9.59 Å². The number of rotatable bonds is 7. The number of hydrogen-bond donors (Lipinski definition) is 1. The first-order valence-corrected chi connectivity index (χ1v) is 9.43. The lowest BCUT2D eigenvalue weighted by molar-refractivity contribution is -0.155. The number of amides is 2. The first-order chi connectivity index (χ1) is 14.0. The van der Waals surface area contributed by atoms with Crippen LogP contribution in [0.1, 0.15) is 16.7 Å². The minimum atomic E-state index is -0.686. The van der Waals surface area contributed by atoms with Crippen LogP contribution in [0.2, 0.25) is 0 Å². The largest absolute Gasteiger partial charge is 0.493 e. The van der Waals surface area contributed by atoms with Crippen molar-refractivity contribution in [3.8, 4) is 11.5 Å². The lowest BCUT2D eigenvalue weighted by Gasteiger charge is -2.34. The summed E-state index contributed by atoms with van der Waals surface area (Å²) in [6.45, 7) is 2.77. The number of para-hydroxylation sites is 1. The van der Waals surface area contributed by atoms with Crippen molar-refractivity contribution in [1.29, 1.82) is 0 Å². The zero-order chi connectivity index (χ0) is 20.8. The van der Waals surface area contributed by atoms with Gasteiger partial charge in [-0.3, -0.25) is 9.59 Å². The number of hydrogen-bond acceptors (Lipinski definition) is 5. The van der Waals surface area contributed by atoms with Gasteiger partial charge in [0.15, 0.2) is 11.5 Å². The Bertz CT molecular complexity index is 866. The maximum Gasteiger partial charge on any atom is 0.249 e. The standard InChI is InChI=1S/C22H26N2O5/c1-15-7-9-16(10-8-15)12-24-18(13-29-14-20(24)25)22(26)23-11-17-5-4-6-19(27-2)21(17)28-3/h4-10,18H,11-14H2,1-3H3,(H,23,26)/t18-/m0/s1. The van der Waals surface area contributed by atoms with Gasteiger partial charge in [0.25, 0.3) is 0 Å². The number of morpholine rings is 1. The molecule has 3 rings (SSSR count). The van der Waals surface area contributed by atoms with Crippen molar-refractivity contribution in [2.45, 2.75) is 26.1 Å². The van der Waals surface area contributed by atoms with Crippen LogP contribution in [0.5, 0.6) is 11.5 Å². The van der Waals surface area contributed by atoms with Crippen LogP contribution in [0.25, 0.3) is 0 Å². The van der Waals surface area contributed by atoms with Crippen molar-refractivity contribution < 1.29 is 23.8 Å². The van der Waals surface area contributed by atoms with E-state index in [2.05, 4.69) is 5.32 Å². The number of aryl methyl sites for hydroxylation is 1. The monoisotopic (exact) mass is 398 g/mol. The molecule has 1 heterocycles. The third-order valence-corrected chi connectivity index (χ3v) is 4.91. The highest BCUT2D eigenvalue weighted by Gasteiger charge is 2.34. The summed E-state index contributed by atoms with van der Waals surface area (Å²) in [6.07, 6.45) is 0. The molecule has 0 unspecified atom stereocenters. The summed E-state index contributed by atoms with van der Waals surface area (Å²) in [5, 5.41) is 2.89. The van der Waals surface area contributed by atoms with Crippen molar-refractivity contribution in [2.24, 2.45) is 0 Å². The predicted octanol–water partition coefficient (Wildman–Crippen LogP) is 2.06. The van der Waals surface area contributed by atoms with E-state index in [-0.39, 0.29) is 31.6 Å². The fraction of sp³-hybridized carbons (Fsp3) is 0.364. The molecule has 1 fully saturated rings. The van der Waals surface area contributed by atoms with Crippen LogP contribution in [0.4, 0.5) is 0 Å². The zero-order valence-electron chi connectivity index (χ0n) is 16.9. The summed E-state index contributed by atoms with van der Waals surface area (Å²) < 4.78 is 16.0. The Kier molecular flexibility index (Phi) is 6.72. The number of carbonyl (C=O) groups is 2. The average Bonchev–Trinajstić information content (AvgIpc) is 2.74. The Morgan fingerprint density at radius 1 is 1.17 bits per heavy atom. The normalized spacial score (nSPS) is 16.4. The molecule has 1 aliphatic rings. The molecule has 154 valence electrons. The highest BCUT2D eigenvalue weighted by atomic mass is 16.5. The Hall–Kier alpha value is -3.06. The van der Waals surface area contributed by atoms with Crippen LogP contribution in [-0.2, 0) is 27.4 Å². The fourth-order valence-electron chi connectivity index (χ4n) is 3.30. The van der Waals surface area contributed by atoms with E-state index < -0.39 is 6.04 Å². The van der Waals surface area contributed by atoms with E-state index in [1.165, 1.54) is 0 Å². The van der Waals surface area contributed by atoms with E-state index in [0.29, 0.717) is 18.0 Å². The van der Waals surface area contributed by atoms with E-state index in [1.54, 1.807) is 25.2 Å². The number of nitrogens with one attached hydrogen (secondary N) is 1. The van der Waals surface area contributed by atoms with E-state index >= 15 is 0 Å². The first-order valence-electron chi connectivity index (χ1n) is 9.43. The van der Waals surface area contributed by atoms with Gasteiger partial charge in [-0.15, -0.1) is 0 Å². The van der Waals surface area contributed by atoms with Crippen LogP contribution in [0.3, 0.4) is 0 Å². The second kappa shape index (κ2) is 9.43. The molecule has 0 aliphatic carbocycles.